The molecule has 0 saturated heterocycles. The summed E-state index contributed by atoms with van der Waals surface area (Å²) in [6.45, 7) is 9.40. The van der Waals surface area contributed by atoms with Gasteiger partial charge in [-0.25, -0.2) is 9.78 Å². The van der Waals surface area contributed by atoms with Crippen LogP contribution >= 0.6 is 0 Å². The molecule has 202 valence electrons. The van der Waals surface area contributed by atoms with E-state index in [9.17, 15) is 15.0 Å². The Morgan fingerprint density at radius 1 is 1.05 bits per heavy atom. The smallest absolute Gasteiger partial charge is 0.346 e. The van der Waals surface area contributed by atoms with Gasteiger partial charge in [-0.1, -0.05) is 26.8 Å². The maximum Gasteiger partial charge on any atom is 0.346 e. The van der Waals surface area contributed by atoms with Gasteiger partial charge in [0.1, 0.15) is 0 Å². The van der Waals surface area contributed by atoms with Gasteiger partial charge in [0, 0.05) is 6.42 Å². The van der Waals surface area contributed by atoms with Crippen LogP contribution in [-0.4, -0.2) is 27.4 Å². The lowest BCUT2D eigenvalue weighted by Crippen LogP contribution is -2.58. The fourth-order valence-corrected chi connectivity index (χ4v) is 10.1. The minimum atomic E-state index is -0.285. The Bertz CT molecular complexity index is 1220. The normalized spacial score (nSPS) is 42.2. The highest BCUT2D eigenvalue weighted by Crippen LogP contribution is 2.68. The fraction of sp³-hybridized carbons (Fsp3) is 0.750. The van der Waals surface area contributed by atoms with Crippen molar-refractivity contribution in [1.82, 2.24) is 4.98 Å². The number of hydrogen-bond donors (Lipinski definition) is 2. The molecular weight excluding hydrogens is 462 g/mol. The molecule has 4 fully saturated rings. The maximum absolute atomic E-state index is 12.5. The Morgan fingerprint density at radius 3 is 2.62 bits per heavy atom. The first-order valence-electron chi connectivity index (χ1n) is 14.9. The van der Waals surface area contributed by atoms with E-state index in [0.29, 0.717) is 53.2 Å². The number of fused-ring (bicyclic) bond motifs is 6. The summed E-state index contributed by atoms with van der Waals surface area (Å²) in [6.07, 6.45) is 9.92. The van der Waals surface area contributed by atoms with Crippen molar-refractivity contribution in [3.05, 3.63) is 40.1 Å². The number of nitrogens with zero attached hydrogens (tertiary/aromatic N) is 1. The van der Waals surface area contributed by atoms with Gasteiger partial charge in [0.2, 0.25) is 0 Å². The third-order valence-electron chi connectivity index (χ3n) is 12.1. The van der Waals surface area contributed by atoms with Crippen molar-refractivity contribution in [2.24, 2.45) is 46.3 Å². The van der Waals surface area contributed by atoms with Crippen LogP contribution in [0.2, 0.25) is 0 Å². The van der Waals surface area contributed by atoms with Gasteiger partial charge >= 0.3 is 5.63 Å². The van der Waals surface area contributed by atoms with E-state index >= 15 is 0 Å². The predicted octanol–water partition coefficient (Wildman–Crippen LogP) is 6.06. The van der Waals surface area contributed by atoms with Crippen LogP contribution in [0.3, 0.4) is 0 Å². The molecule has 1 aromatic heterocycles. The highest BCUT2D eigenvalue weighted by Gasteiger charge is 2.62. The van der Waals surface area contributed by atoms with Crippen LogP contribution < -0.4 is 5.63 Å². The number of benzene rings is 1. The van der Waals surface area contributed by atoms with Crippen molar-refractivity contribution < 1.29 is 14.6 Å². The first-order valence-corrected chi connectivity index (χ1v) is 14.9. The van der Waals surface area contributed by atoms with Gasteiger partial charge in [-0.15, -0.1) is 0 Å². The summed E-state index contributed by atoms with van der Waals surface area (Å²) in [5.41, 5.74) is 2.07. The van der Waals surface area contributed by atoms with Crippen LogP contribution in [0.1, 0.15) is 90.0 Å². The molecule has 4 aliphatic carbocycles. The second-order valence-corrected chi connectivity index (χ2v) is 13.9. The molecule has 0 radical (unpaired) electrons. The van der Waals surface area contributed by atoms with Crippen LogP contribution in [0, 0.1) is 53.3 Å². The van der Waals surface area contributed by atoms with Gasteiger partial charge in [0.25, 0.3) is 0 Å². The first-order chi connectivity index (χ1) is 17.6. The zero-order valence-corrected chi connectivity index (χ0v) is 23.1. The Labute approximate surface area is 221 Å². The Morgan fingerprint density at radius 2 is 1.81 bits per heavy atom. The average molecular weight is 508 g/mol. The standard InChI is InChI=1S/C32H45NO4/c1-18-5-7-22-26(15-18)33-28(37-30(22)36)10-6-19(2)23-8-9-24-29-25(12-14-32(23,24)4)31(3)13-11-21(34)16-20(31)17-27(29)35/h5,7,15,19-21,23-25,27,29,34-35H,6,8-14,16-17H2,1-4H3/t19-,20+,21-,23-,24+,25?,27+,29+,31+,32-/m1/s1. The summed E-state index contributed by atoms with van der Waals surface area (Å²) in [6, 6.07) is 5.70. The summed E-state index contributed by atoms with van der Waals surface area (Å²) < 4.78 is 5.61. The SMILES string of the molecule is Cc1ccc2c(=O)oc(CC[C@@H](C)[C@H]3CC[C@H]4[C@H]5C(CC[C@]34C)[C@@]3(C)CC[C@@H](O)C[C@H]3C[C@@H]5O)nc2c1. The molecule has 1 heterocycles. The van der Waals surface area contributed by atoms with E-state index in [0.717, 1.165) is 43.2 Å². The molecule has 2 aromatic rings. The van der Waals surface area contributed by atoms with E-state index < -0.39 is 0 Å². The lowest BCUT2D eigenvalue weighted by atomic mass is 9.43. The van der Waals surface area contributed by atoms with E-state index in [1.165, 1.54) is 25.7 Å². The molecule has 6 rings (SSSR count). The van der Waals surface area contributed by atoms with Crippen molar-refractivity contribution in [1.29, 1.82) is 0 Å². The molecular formula is C32H45NO4. The van der Waals surface area contributed by atoms with E-state index in [2.05, 4.69) is 20.8 Å². The van der Waals surface area contributed by atoms with Crippen molar-refractivity contribution in [3.63, 3.8) is 0 Å². The monoisotopic (exact) mass is 507 g/mol. The number of hydrogen-bond acceptors (Lipinski definition) is 5. The molecule has 4 aliphatic rings. The van der Waals surface area contributed by atoms with Crippen LogP contribution in [0.25, 0.3) is 10.9 Å². The fourth-order valence-electron chi connectivity index (χ4n) is 10.1. The highest BCUT2D eigenvalue weighted by atomic mass is 16.4. The van der Waals surface area contributed by atoms with E-state index in [1.807, 2.05) is 25.1 Å². The minimum Gasteiger partial charge on any atom is -0.408 e. The lowest BCUT2D eigenvalue weighted by molar-refractivity contribution is -0.174. The van der Waals surface area contributed by atoms with Crippen LogP contribution in [0.4, 0.5) is 0 Å². The summed E-state index contributed by atoms with van der Waals surface area (Å²) in [5.74, 6) is 3.72. The third kappa shape index (κ3) is 4.11. The van der Waals surface area contributed by atoms with Crippen molar-refractivity contribution in [2.45, 2.75) is 104 Å². The zero-order chi connectivity index (χ0) is 26.1. The van der Waals surface area contributed by atoms with Gasteiger partial charge in [0.15, 0.2) is 5.89 Å². The van der Waals surface area contributed by atoms with Gasteiger partial charge in [-0.2, -0.15) is 0 Å². The summed E-state index contributed by atoms with van der Waals surface area (Å²) in [4.78, 5) is 17.2. The summed E-state index contributed by atoms with van der Waals surface area (Å²) >= 11 is 0. The van der Waals surface area contributed by atoms with Gasteiger partial charge in [0.05, 0.1) is 23.1 Å². The molecule has 2 N–H and O–H groups in total. The van der Waals surface area contributed by atoms with Crippen LogP contribution in [0.5, 0.6) is 0 Å². The molecule has 1 aromatic carbocycles. The molecule has 37 heavy (non-hydrogen) atoms. The number of aliphatic hydroxyl groups is 2. The van der Waals surface area contributed by atoms with E-state index in [1.54, 1.807) is 0 Å². The van der Waals surface area contributed by atoms with Crippen molar-refractivity contribution in [2.75, 3.05) is 0 Å². The zero-order valence-electron chi connectivity index (χ0n) is 23.1. The predicted molar refractivity (Wildman–Crippen MR) is 145 cm³/mol. The number of rotatable bonds is 4. The van der Waals surface area contributed by atoms with Gasteiger partial charge < -0.3 is 14.6 Å². The molecule has 5 heteroatoms. The molecule has 10 atom stereocenters. The summed E-state index contributed by atoms with van der Waals surface area (Å²) in [7, 11) is 0. The number of aryl methyl sites for hydroxylation is 2. The van der Waals surface area contributed by atoms with Crippen molar-refractivity contribution >= 4 is 10.9 Å². The quantitative estimate of drug-likeness (QED) is 0.526. The molecule has 0 aliphatic heterocycles. The molecule has 0 spiro atoms. The maximum atomic E-state index is 12.5. The van der Waals surface area contributed by atoms with Gasteiger partial charge in [-0.05, 0) is 129 Å². The molecule has 1 unspecified atom stereocenters. The molecule has 0 amide bonds. The minimum absolute atomic E-state index is 0.182. The van der Waals surface area contributed by atoms with E-state index in [-0.39, 0.29) is 28.7 Å². The largest absolute Gasteiger partial charge is 0.408 e. The van der Waals surface area contributed by atoms with E-state index in [4.69, 9.17) is 9.40 Å². The van der Waals surface area contributed by atoms with Crippen LogP contribution in [0.15, 0.2) is 27.4 Å². The summed E-state index contributed by atoms with van der Waals surface area (Å²) in [5, 5.41) is 22.4. The molecule has 5 nitrogen and oxygen atoms in total. The van der Waals surface area contributed by atoms with Gasteiger partial charge in [-0.3, -0.25) is 0 Å². The van der Waals surface area contributed by atoms with Crippen LogP contribution in [-0.2, 0) is 6.42 Å². The number of aliphatic hydroxyl groups excluding tert-OH is 2. The lowest BCUT2D eigenvalue weighted by Gasteiger charge is -2.62. The number of aromatic nitrogens is 1. The Hall–Kier alpha value is -1.72. The Kier molecular flexibility index (Phi) is 6.35. The molecule has 0 bridgehead atoms. The Balaban J connectivity index is 1.18. The topological polar surface area (TPSA) is 83.6 Å². The molecule has 4 saturated carbocycles. The van der Waals surface area contributed by atoms with Crippen molar-refractivity contribution in [3.8, 4) is 0 Å². The highest BCUT2D eigenvalue weighted by molar-refractivity contribution is 5.77. The second kappa shape index (κ2) is 9.19. The first kappa shape index (κ1) is 25.6. The average Bonchev–Trinajstić information content (AvgIpc) is 3.20. The third-order valence-corrected chi connectivity index (χ3v) is 12.1. The second-order valence-electron chi connectivity index (χ2n) is 13.9.